The summed E-state index contributed by atoms with van der Waals surface area (Å²) in [4.78, 5) is 11.4. The number of hydrogen-bond acceptors (Lipinski definition) is 4. The van der Waals surface area contributed by atoms with E-state index in [9.17, 15) is 0 Å². The number of likely N-dealkylation sites (tertiary alicyclic amines) is 1. The summed E-state index contributed by atoms with van der Waals surface area (Å²) >= 11 is 0. The number of imidazole rings is 1. The van der Waals surface area contributed by atoms with Crippen LogP contribution in [0.4, 0.5) is 0 Å². The van der Waals surface area contributed by atoms with Gasteiger partial charge in [0.2, 0.25) is 0 Å². The van der Waals surface area contributed by atoms with Crippen molar-refractivity contribution < 1.29 is 0 Å². The Morgan fingerprint density at radius 2 is 2.08 bits per heavy atom. The van der Waals surface area contributed by atoms with Crippen LogP contribution < -0.4 is 0 Å². The first-order valence-corrected chi connectivity index (χ1v) is 8.92. The lowest BCUT2D eigenvalue weighted by Crippen LogP contribution is -2.34. The molecule has 3 heterocycles. The van der Waals surface area contributed by atoms with Gasteiger partial charge < -0.3 is 4.57 Å². The Hall–Kier alpha value is -2.47. The first-order chi connectivity index (χ1) is 12.3. The molecule has 1 atom stereocenters. The molecule has 0 radical (unpaired) electrons. The van der Waals surface area contributed by atoms with Crippen molar-refractivity contribution in [3.05, 3.63) is 65.8 Å². The van der Waals surface area contributed by atoms with Crippen molar-refractivity contribution >= 4 is 0 Å². The van der Waals surface area contributed by atoms with Crippen molar-refractivity contribution in [3.8, 4) is 0 Å². The Morgan fingerprint density at radius 3 is 2.88 bits per heavy atom. The van der Waals surface area contributed by atoms with Gasteiger partial charge in [-0.25, -0.2) is 9.97 Å². The van der Waals surface area contributed by atoms with Crippen molar-refractivity contribution in [2.75, 3.05) is 13.1 Å². The van der Waals surface area contributed by atoms with Gasteiger partial charge in [-0.1, -0.05) is 30.3 Å². The molecular weight excluding hydrogens is 312 g/mol. The van der Waals surface area contributed by atoms with Gasteiger partial charge in [0, 0.05) is 31.7 Å². The van der Waals surface area contributed by atoms with E-state index >= 15 is 0 Å². The first kappa shape index (κ1) is 16.0. The number of benzene rings is 1. The van der Waals surface area contributed by atoms with Crippen LogP contribution in [0, 0.1) is 6.92 Å². The average Bonchev–Trinajstić information content (AvgIpc) is 3.26. The lowest BCUT2D eigenvalue weighted by Gasteiger charge is -2.31. The first-order valence-electron chi connectivity index (χ1n) is 8.92. The van der Waals surface area contributed by atoms with E-state index in [0.29, 0.717) is 5.92 Å². The number of piperidine rings is 1. The number of hydrogen-bond donors (Lipinski definition) is 1. The maximum atomic E-state index is 4.53. The standard InChI is InChI=1S/C19H24N6/c1-15-21-19(23-22-15)17-8-5-9-24(12-17)13-18-10-20-14-25(18)11-16-6-3-2-4-7-16/h2-4,6-7,10,14,17H,5,8-9,11-13H2,1H3,(H,21,22,23)/t17-/m1/s1. The molecule has 0 aliphatic carbocycles. The number of rotatable bonds is 5. The van der Waals surface area contributed by atoms with Crippen LogP contribution in [0.25, 0.3) is 0 Å². The molecule has 0 spiro atoms. The highest BCUT2D eigenvalue weighted by molar-refractivity contribution is 5.16. The largest absolute Gasteiger partial charge is 0.329 e. The zero-order valence-electron chi connectivity index (χ0n) is 14.6. The molecule has 0 saturated carbocycles. The van der Waals surface area contributed by atoms with Gasteiger partial charge in [0.15, 0.2) is 5.82 Å². The van der Waals surface area contributed by atoms with Crippen LogP contribution in [0.1, 0.15) is 41.7 Å². The fraction of sp³-hybridized carbons (Fsp3) is 0.421. The molecule has 1 aliphatic rings. The van der Waals surface area contributed by atoms with Crippen LogP contribution in [0.2, 0.25) is 0 Å². The van der Waals surface area contributed by atoms with Gasteiger partial charge >= 0.3 is 0 Å². The Balaban J connectivity index is 1.43. The monoisotopic (exact) mass is 336 g/mol. The minimum atomic E-state index is 0.421. The molecule has 0 unspecified atom stereocenters. The molecule has 3 aromatic rings. The summed E-state index contributed by atoms with van der Waals surface area (Å²) in [5.41, 5.74) is 2.56. The maximum absolute atomic E-state index is 4.53. The van der Waals surface area contributed by atoms with Crippen LogP contribution in [0.3, 0.4) is 0 Å². The van der Waals surface area contributed by atoms with Crippen molar-refractivity contribution in [1.29, 1.82) is 0 Å². The number of nitrogens with one attached hydrogen (secondary N) is 1. The quantitative estimate of drug-likeness (QED) is 0.778. The predicted molar refractivity (Wildman–Crippen MR) is 96.1 cm³/mol. The Morgan fingerprint density at radius 1 is 1.20 bits per heavy atom. The lowest BCUT2D eigenvalue weighted by atomic mass is 9.97. The summed E-state index contributed by atoms with van der Waals surface area (Å²) in [6, 6.07) is 10.5. The molecule has 0 bridgehead atoms. The third kappa shape index (κ3) is 3.79. The van der Waals surface area contributed by atoms with Crippen molar-refractivity contribution in [2.45, 2.75) is 38.8 Å². The average molecular weight is 336 g/mol. The van der Waals surface area contributed by atoms with Crippen LogP contribution in [0.15, 0.2) is 42.9 Å². The number of aromatic nitrogens is 5. The summed E-state index contributed by atoms with van der Waals surface area (Å²) in [7, 11) is 0. The molecule has 1 fully saturated rings. The summed E-state index contributed by atoms with van der Waals surface area (Å²) in [6.07, 6.45) is 6.27. The van der Waals surface area contributed by atoms with E-state index in [1.807, 2.05) is 19.4 Å². The van der Waals surface area contributed by atoms with Crippen molar-refractivity contribution in [1.82, 2.24) is 29.6 Å². The molecule has 1 saturated heterocycles. The highest BCUT2D eigenvalue weighted by Gasteiger charge is 2.24. The van der Waals surface area contributed by atoms with Gasteiger partial charge in [0.1, 0.15) is 5.82 Å². The fourth-order valence-electron chi connectivity index (χ4n) is 3.58. The van der Waals surface area contributed by atoms with Gasteiger partial charge in [-0.2, -0.15) is 5.10 Å². The molecule has 0 amide bonds. The summed E-state index contributed by atoms with van der Waals surface area (Å²) in [6.45, 7) is 5.88. The highest BCUT2D eigenvalue weighted by Crippen LogP contribution is 2.25. The van der Waals surface area contributed by atoms with Gasteiger partial charge in [-0.3, -0.25) is 10.00 Å². The molecule has 4 rings (SSSR count). The summed E-state index contributed by atoms with van der Waals surface area (Å²) in [5.74, 6) is 2.28. The minimum Gasteiger partial charge on any atom is -0.329 e. The molecule has 6 heteroatoms. The van der Waals surface area contributed by atoms with Crippen LogP contribution in [-0.2, 0) is 13.1 Å². The Bertz CT molecular complexity index is 806. The molecule has 2 aromatic heterocycles. The second-order valence-electron chi connectivity index (χ2n) is 6.85. The maximum Gasteiger partial charge on any atom is 0.155 e. The SMILES string of the molecule is Cc1nc([C@@H]2CCCN(Cc3cncn3Cc3ccccc3)C2)n[nH]1. The van der Waals surface area contributed by atoms with E-state index in [1.54, 1.807) is 0 Å². The highest BCUT2D eigenvalue weighted by atomic mass is 15.2. The van der Waals surface area contributed by atoms with Crippen LogP contribution in [-0.4, -0.2) is 42.7 Å². The lowest BCUT2D eigenvalue weighted by molar-refractivity contribution is 0.193. The smallest absolute Gasteiger partial charge is 0.155 e. The number of aryl methyl sites for hydroxylation is 1. The normalized spacial score (nSPS) is 18.5. The molecule has 1 aliphatic heterocycles. The minimum absolute atomic E-state index is 0.421. The fourth-order valence-corrected chi connectivity index (χ4v) is 3.58. The topological polar surface area (TPSA) is 62.6 Å². The van der Waals surface area contributed by atoms with Crippen LogP contribution in [0.5, 0.6) is 0 Å². The van der Waals surface area contributed by atoms with E-state index in [0.717, 1.165) is 44.2 Å². The molecule has 25 heavy (non-hydrogen) atoms. The van der Waals surface area contributed by atoms with Crippen molar-refractivity contribution in [3.63, 3.8) is 0 Å². The van der Waals surface area contributed by atoms with Crippen molar-refractivity contribution in [2.24, 2.45) is 0 Å². The molecular formula is C19H24N6. The van der Waals surface area contributed by atoms with E-state index in [1.165, 1.54) is 17.7 Å². The Labute approximate surface area is 147 Å². The Kier molecular flexibility index (Phi) is 4.61. The van der Waals surface area contributed by atoms with Gasteiger partial charge in [0.05, 0.1) is 12.0 Å². The summed E-state index contributed by atoms with van der Waals surface area (Å²) < 4.78 is 2.25. The number of aromatic amines is 1. The van der Waals surface area contributed by atoms with Gasteiger partial charge in [-0.15, -0.1) is 0 Å². The van der Waals surface area contributed by atoms with Gasteiger partial charge in [-0.05, 0) is 31.9 Å². The van der Waals surface area contributed by atoms with Crippen LogP contribution >= 0.6 is 0 Å². The van der Waals surface area contributed by atoms with E-state index in [4.69, 9.17) is 0 Å². The van der Waals surface area contributed by atoms with E-state index in [-0.39, 0.29) is 0 Å². The molecule has 1 N–H and O–H groups in total. The predicted octanol–water partition coefficient (Wildman–Crippen LogP) is 2.74. The number of H-pyrrole nitrogens is 1. The summed E-state index contributed by atoms with van der Waals surface area (Å²) in [5, 5.41) is 7.33. The van der Waals surface area contributed by atoms with E-state index in [2.05, 4.69) is 60.0 Å². The zero-order valence-corrected chi connectivity index (χ0v) is 14.6. The molecule has 130 valence electrons. The van der Waals surface area contributed by atoms with Gasteiger partial charge in [0.25, 0.3) is 0 Å². The second kappa shape index (κ2) is 7.19. The molecule has 6 nitrogen and oxygen atoms in total. The molecule has 1 aromatic carbocycles. The third-order valence-corrected chi connectivity index (χ3v) is 4.87. The van der Waals surface area contributed by atoms with E-state index < -0.39 is 0 Å². The zero-order chi connectivity index (χ0) is 17.1. The second-order valence-corrected chi connectivity index (χ2v) is 6.85. The third-order valence-electron chi connectivity index (χ3n) is 4.87. The number of nitrogens with zero attached hydrogens (tertiary/aromatic N) is 5.